The molecule has 0 aliphatic heterocycles. The van der Waals surface area contributed by atoms with E-state index < -0.39 is 10.5 Å². The summed E-state index contributed by atoms with van der Waals surface area (Å²) < 4.78 is 11.2. The van der Waals surface area contributed by atoms with Crippen LogP contribution in [-0.4, -0.2) is 11.0 Å². The van der Waals surface area contributed by atoms with Crippen molar-refractivity contribution in [3.63, 3.8) is 0 Å². The number of aryl methyl sites for hydroxylation is 1. The molecular formula is C20H20N2O5. The molecule has 140 valence electrons. The predicted octanol–water partition coefficient (Wildman–Crippen LogP) is 5.01. The molecule has 4 rings (SSSR count). The lowest BCUT2D eigenvalue weighted by atomic mass is 9.95. The Kier molecular flexibility index (Phi) is 4.43. The highest BCUT2D eigenvalue weighted by atomic mass is 16.6. The summed E-state index contributed by atoms with van der Waals surface area (Å²) >= 11 is 0. The highest BCUT2D eigenvalue weighted by molar-refractivity contribution is 6.00. The summed E-state index contributed by atoms with van der Waals surface area (Å²) in [5.74, 6) is 0.923. The molecule has 7 nitrogen and oxygen atoms in total. The number of nitro groups is 1. The average molecular weight is 368 g/mol. The molecule has 7 heteroatoms. The first-order valence-corrected chi connectivity index (χ1v) is 9.11. The van der Waals surface area contributed by atoms with Crippen LogP contribution < -0.4 is 10.9 Å². The normalized spacial score (nSPS) is 15.1. The highest BCUT2D eigenvalue weighted by Gasteiger charge is 2.24. The third-order valence-corrected chi connectivity index (χ3v) is 5.01. The minimum Gasteiger partial charge on any atom is -0.440 e. The lowest BCUT2D eigenvalue weighted by Crippen LogP contribution is -2.22. The molecule has 1 aromatic carbocycles. The van der Waals surface area contributed by atoms with E-state index in [0.717, 1.165) is 25.7 Å². The molecule has 1 aliphatic carbocycles. The van der Waals surface area contributed by atoms with Gasteiger partial charge in [-0.05, 0) is 25.3 Å². The molecule has 1 saturated carbocycles. The van der Waals surface area contributed by atoms with E-state index in [9.17, 15) is 14.9 Å². The van der Waals surface area contributed by atoms with Crippen molar-refractivity contribution >= 4 is 22.5 Å². The summed E-state index contributed by atoms with van der Waals surface area (Å²) in [6.45, 7) is 1.69. The summed E-state index contributed by atoms with van der Waals surface area (Å²) in [5, 5.41) is 14.9. The van der Waals surface area contributed by atoms with Gasteiger partial charge in [-0.15, -0.1) is 0 Å². The van der Waals surface area contributed by atoms with Crippen LogP contribution in [0.15, 0.2) is 44.0 Å². The van der Waals surface area contributed by atoms with Gasteiger partial charge in [-0.3, -0.25) is 10.1 Å². The number of fused-ring (bicyclic) bond motifs is 1. The Morgan fingerprint density at radius 3 is 2.67 bits per heavy atom. The predicted molar refractivity (Wildman–Crippen MR) is 102 cm³/mol. The molecule has 0 spiro atoms. The van der Waals surface area contributed by atoms with Gasteiger partial charge in [-0.25, -0.2) is 4.79 Å². The molecular weight excluding hydrogens is 348 g/mol. The van der Waals surface area contributed by atoms with Gasteiger partial charge in [0.05, 0.1) is 10.5 Å². The molecule has 3 aromatic rings. The van der Waals surface area contributed by atoms with E-state index in [-0.39, 0.29) is 11.7 Å². The van der Waals surface area contributed by atoms with E-state index in [1.807, 2.05) is 0 Å². The molecule has 0 unspecified atom stereocenters. The van der Waals surface area contributed by atoms with Gasteiger partial charge in [0.2, 0.25) is 5.88 Å². The molecule has 1 N–H and O–H groups in total. The number of nitro benzene ring substituents is 1. The SMILES string of the molecule is Cc1cc2oc(NC3CCCCC3)c(-c3cccc([N+](=O)[O-])c3)c2c(=O)o1. The second-order valence-electron chi connectivity index (χ2n) is 6.98. The van der Waals surface area contributed by atoms with E-state index >= 15 is 0 Å². The number of hydrogen-bond donors (Lipinski definition) is 1. The van der Waals surface area contributed by atoms with Gasteiger partial charge in [0.25, 0.3) is 5.69 Å². The first kappa shape index (κ1) is 17.3. The van der Waals surface area contributed by atoms with E-state index in [2.05, 4.69) is 5.32 Å². The number of nitrogens with one attached hydrogen (secondary N) is 1. The van der Waals surface area contributed by atoms with Crippen molar-refractivity contribution in [1.82, 2.24) is 0 Å². The Labute approximate surface area is 155 Å². The number of rotatable bonds is 4. The summed E-state index contributed by atoms with van der Waals surface area (Å²) in [5.41, 5.74) is 0.947. The maximum Gasteiger partial charge on any atom is 0.347 e. The quantitative estimate of drug-likeness (QED) is 0.513. The topological polar surface area (TPSA) is 98.5 Å². The Bertz CT molecular complexity index is 1060. The fraction of sp³-hybridized carbons (Fsp3) is 0.350. The van der Waals surface area contributed by atoms with Crippen molar-refractivity contribution < 1.29 is 13.8 Å². The zero-order chi connectivity index (χ0) is 19.0. The largest absolute Gasteiger partial charge is 0.440 e. The van der Waals surface area contributed by atoms with Crippen LogP contribution in [0.2, 0.25) is 0 Å². The van der Waals surface area contributed by atoms with Crippen LogP contribution in [-0.2, 0) is 0 Å². The lowest BCUT2D eigenvalue weighted by Gasteiger charge is -2.23. The van der Waals surface area contributed by atoms with E-state index in [1.54, 1.807) is 25.1 Å². The molecule has 0 amide bonds. The van der Waals surface area contributed by atoms with Gasteiger partial charge in [0, 0.05) is 24.2 Å². The van der Waals surface area contributed by atoms with Gasteiger partial charge >= 0.3 is 5.63 Å². The highest BCUT2D eigenvalue weighted by Crippen LogP contribution is 2.39. The second-order valence-corrected chi connectivity index (χ2v) is 6.98. The summed E-state index contributed by atoms with van der Waals surface area (Å²) in [6.07, 6.45) is 5.56. The average Bonchev–Trinajstić information content (AvgIpc) is 3.00. The molecule has 1 aliphatic rings. The van der Waals surface area contributed by atoms with Gasteiger partial charge in [-0.1, -0.05) is 31.4 Å². The number of furan rings is 1. The van der Waals surface area contributed by atoms with Gasteiger partial charge in [-0.2, -0.15) is 0 Å². The number of nitrogens with zero attached hydrogens (tertiary/aromatic N) is 1. The standard InChI is InChI=1S/C20H20N2O5/c1-12-10-16-18(20(23)26-12)17(13-6-5-9-15(11-13)22(24)25)19(27-16)21-14-7-3-2-4-8-14/h5-6,9-11,14,21H,2-4,7-8H2,1H3. The molecule has 0 atom stereocenters. The molecule has 0 saturated heterocycles. The summed E-state index contributed by atoms with van der Waals surface area (Å²) in [7, 11) is 0. The molecule has 0 bridgehead atoms. The van der Waals surface area contributed by atoms with E-state index in [1.165, 1.54) is 18.6 Å². The van der Waals surface area contributed by atoms with Gasteiger partial charge < -0.3 is 14.2 Å². The van der Waals surface area contributed by atoms with Crippen LogP contribution in [0, 0.1) is 17.0 Å². The van der Waals surface area contributed by atoms with E-state index in [0.29, 0.717) is 33.7 Å². The van der Waals surface area contributed by atoms with Crippen molar-refractivity contribution in [2.24, 2.45) is 0 Å². The Hall–Kier alpha value is -3.09. The van der Waals surface area contributed by atoms with Crippen molar-refractivity contribution in [1.29, 1.82) is 0 Å². The molecule has 27 heavy (non-hydrogen) atoms. The molecule has 2 aromatic heterocycles. The van der Waals surface area contributed by atoms with Crippen LogP contribution in [0.4, 0.5) is 11.6 Å². The zero-order valence-electron chi connectivity index (χ0n) is 15.0. The Morgan fingerprint density at radius 1 is 1.15 bits per heavy atom. The molecule has 1 fully saturated rings. The van der Waals surface area contributed by atoms with E-state index in [4.69, 9.17) is 8.83 Å². The maximum absolute atomic E-state index is 12.5. The second kappa shape index (κ2) is 6.90. The maximum atomic E-state index is 12.5. The number of anilines is 1. The fourth-order valence-corrected chi connectivity index (χ4v) is 3.75. The number of non-ortho nitro benzene ring substituents is 1. The first-order chi connectivity index (χ1) is 13.0. The van der Waals surface area contributed by atoms with Gasteiger partial charge in [0.1, 0.15) is 16.7 Å². The minimum absolute atomic E-state index is 0.0398. The van der Waals surface area contributed by atoms with Crippen LogP contribution >= 0.6 is 0 Å². The minimum atomic E-state index is -0.507. The Balaban J connectivity index is 1.90. The fourth-order valence-electron chi connectivity index (χ4n) is 3.75. The van der Waals surface area contributed by atoms with Crippen molar-refractivity contribution in [3.05, 3.63) is 56.6 Å². The number of benzene rings is 1. The summed E-state index contributed by atoms with van der Waals surface area (Å²) in [4.78, 5) is 23.3. The molecule has 0 radical (unpaired) electrons. The Morgan fingerprint density at radius 2 is 1.93 bits per heavy atom. The summed E-state index contributed by atoms with van der Waals surface area (Å²) in [6, 6.07) is 8.14. The van der Waals surface area contributed by atoms with Crippen LogP contribution in [0.1, 0.15) is 37.9 Å². The third-order valence-electron chi connectivity index (χ3n) is 5.01. The zero-order valence-corrected chi connectivity index (χ0v) is 15.0. The van der Waals surface area contributed by atoms with Crippen LogP contribution in [0.3, 0.4) is 0 Å². The third kappa shape index (κ3) is 3.32. The van der Waals surface area contributed by atoms with Crippen LogP contribution in [0.25, 0.3) is 22.1 Å². The monoisotopic (exact) mass is 368 g/mol. The first-order valence-electron chi connectivity index (χ1n) is 9.11. The van der Waals surface area contributed by atoms with Crippen LogP contribution in [0.5, 0.6) is 0 Å². The number of hydrogen-bond acceptors (Lipinski definition) is 6. The smallest absolute Gasteiger partial charge is 0.347 e. The van der Waals surface area contributed by atoms with Gasteiger partial charge in [0.15, 0.2) is 0 Å². The van der Waals surface area contributed by atoms with Crippen molar-refractivity contribution in [2.75, 3.05) is 5.32 Å². The van der Waals surface area contributed by atoms with Crippen molar-refractivity contribution in [3.8, 4) is 11.1 Å². The molecule has 2 heterocycles. The van der Waals surface area contributed by atoms with Crippen molar-refractivity contribution in [2.45, 2.75) is 45.1 Å². The lowest BCUT2D eigenvalue weighted by molar-refractivity contribution is -0.384.